The number of unbranched alkanes of at least 4 members (excludes halogenated alkanes) is 21. The Bertz CT molecular complexity index is 1530. The molecule has 0 radical (unpaired) electrons. The molecule has 4 unspecified atom stereocenters. The molecule has 0 amide bonds. The van der Waals surface area contributed by atoms with E-state index in [1.165, 1.54) is 64.2 Å². The second-order valence-electron chi connectivity index (χ2n) is 21.6. The van der Waals surface area contributed by atoms with Gasteiger partial charge in [0.15, 0.2) is 12.2 Å². The summed E-state index contributed by atoms with van der Waals surface area (Å²) in [7, 11) is -9.87. The van der Waals surface area contributed by atoms with Gasteiger partial charge in [-0.05, 0) is 43.4 Å². The standard InChI is InChI=1S/C57H110O17P2/c1-8-11-12-21-31-38-54(59)67-44-52(74-57(62)41-34-27-19-17-22-28-35-48(4)5)46-71-75(63,64)69-42-51(58)43-70-76(65,66)72-47-53(45-68-55(60)39-32-25-20-18-24-30-37-50(7)10-3)73-56(61)40-33-26-16-14-13-15-23-29-36-49(6)9-2/h48-53,58H,8-47H2,1-7H3,(H,63,64)(H,65,66)/t49?,50?,51-,52+,53+/m0/s1. The van der Waals surface area contributed by atoms with Crippen LogP contribution in [0, 0.1) is 17.8 Å². The van der Waals surface area contributed by atoms with Crippen LogP contribution >= 0.6 is 15.6 Å². The Morgan fingerprint density at radius 1 is 0.382 bits per heavy atom. The van der Waals surface area contributed by atoms with Crippen molar-refractivity contribution in [2.24, 2.45) is 17.8 Å². The first-order valence-electron chi connectivity index (χ1n) is 29.9. The summed E-state index contributed by atoms with van der Waals surface area (Å²) in [5, 5.41) is 10.5. The normalized spacial score (nSPS) is 15.3. The lowest BCUT2D eigenvalue weighted by Crippen LogP contribution is -2.30. The fourth-order valence-electron chi connectivity index (χ4n) is 8.18. The maximum atomic E-state index is 12.9. The Balaban J connectivity index is 5.21. The molecule has 0 saturated heterocycles. The van der Waals surface area contributed by atoms with E-state index < -0.39 is 97.5 Å². The predicted octanol–water partition coefficient (Wildman–Crippen LogP) is 14.8. The Labute approximate surface area is 460 Å². The van der Waals surface area contributed by atoms with E-state index in [0.29, 0.717) is 31.6 Å². The lowest BCUT2D eigenvalue weighted by Gasteiger charge is -2.21. The first-order chi connectivity index (χ1) is 36.3. The van der Waals surface area contributed by atoms with Crippen molar-refractivity contribution in [1.29, 1.82) is 0 Å². The summed E-state index contributed by atoms with van der Waals surface area (Å²) in [4.78, 5) is 71.6. The molecule has 0 aromatic carbocycles. The molecule has 0 aromatic heterocycles. The van der Waals surface area contributed by atoms with E-state index >= 15 is 0 Å². The number of ether oxygens (including phenoxy) is 4. The molecule has 0 saturated carbocycles. The van der Waals surface area contributed by atoms with Crippen LogP contribution in [0.2, 0.25) is 0 Å². The Kier molecular flexibility index (Phi) is 47.7. The number of carbonyl (C=O) groups excluding carboxylic acids is 4. The van der Waals surface area contributed by atoms with E-state index in [9.17, 15) is 43.2 Å². The zero-order chi connectivity index (χ0) is 56.7. The quantitative estimate of drug-likeness (QED) is 0.0222. The van der Waals surface area contributed by atoms with Gasteiger partial charge < -0.3 is 33.8 Å². The highest BCUT2D eigenvalue weighted by atomic mass is 31.2. The number of carbonyl (C=O) groups is 4. The second kappa shape index (κ2) is 48.9. The van der Waals surface area contributed by atoms with Gasteiger partial charge in [0.05, 0.1) is 26.4 Å². The first kappa shape index (κ1) is 74.1. The van der Waals surface area contributed by atoms with Crippen LogP contribution in [-0.2, 0) is 65.4 Å². The highest BCUT2D eigenvalue weighted by Crippen LogP contribution is 2.45. The maximum Gasteiger partial charge on any atom is 0.472 e. The van der Waals surface area contributed by atoms with Crippen LogP contribution in [-0.4, -0.2) is 96.7 Å². The Morgan fingerprint density at radius 2 is 0.671 bits per heavy atom. The van der Waals surface area contributed by atoms with E-state index in [4.69, 9.17) is 37.0 Å². The third kappa shape index (κ3) is 49.1. The average Bonchev–Trinajstić information content (AvgIpc) is 3.38. The molecule has 17 nitrogen and oxygen atoms in total. The van der Waals surface area contributed by atoms with Crippen LogP contribution in [0.3, 0.4) is 0 Å². The zero-order valence-electron chi connectivity index (χ0n) is 48.7. The molecular weight excluding hydrogens is 1020 g/mol. The topological polar surface area (TPSA) is 237 Å². The smallest absolute Gasteiger partial charge is 0.462 e. The lowest BCUT2D eigenvalue weighted by atomic mass is 9.99. The minimum Gasteiger partial charge on any atom is -0.462 e. The number of aliphatic hydroxyl groups is 1. The van der Waals surface area contributed by atoms with Crippen molar-refractivity contribution < 1.29 is 80.2 Å². The molecule has 0 heterocycles. The zero-order valence-corrected chi connectivity index (χ0v) is 50.5. The summed E-state index contributed by atoms with van der Waals surface area (Å²) in [5.41, 5.74) is 0. The molecule has 0 aromatic rings. The highest BCUT2D eigenvalue weighted by Gasteiger charge is 2.30. The average molecular weight is 1130 g/mol. The third-order valence-electron chi connectivity index (χ3n) is 13.6. The van der Waals surface area contributed by atoms with Gasteiger partial charge in [0.25, 0.3) is 0 Å². The van der Waals surface area contributed by atoms with Crippen LogP contribution in [0.5, 0.6) is 0 Å². The molecular formula is C57H110O17P2. The summed E-state index contributed by atoms with van der Waals surface area (Å²) in [6.45, 7) is 11.5. The molecule has 7 atom stereocenters. The van der Waals surface area contributed by atoms with Gasteiger partial charge in [-0.25, -0.2) is 9.13 Å². The largest absolute Gasteiger partial charge is 0.472 e. The van der Waals surface area contributed by atoms with Gasteiger partial charge in [-0.2, -0.15) is 0 Å². The molecule has 0 aliphatic rings. The minimum atomic E-state index is -4.94. The van der Waals surface area contributed by atoms with Crippen molar-refractivity contribution in [2.45, 2.75) is 285 Å². The van der Waals surface area contributed by atoms with Crippen LogP contribution < -0.4 is 0 Å². The molecule has 0 fully saturated rings. The summed E-state index contributed by atoms with van der Waals surface area (Å²) in [5.74, 6) is 0.00774. The SMILES string of the molecule is CCCCCCCC(=O)OC[C@H](COP(=O)(O)OC[C@H](O)COP(=O)(O)OC[C@@H](COC(=O)CCCCCCCCC(C)CC)OC(=O)CCCCCCCCCCC(C)CC)OC(=O)CCCCCCCCC(C)C. The van der Waals surface area contributed by atoms with Crippen molar-refractivity contribution in [3.8, 4) is 0 Å². The molecule has 19 heteroatoms. The van der Waals surface area contributed by atoms with Crippen molar-refractivity contribution in [3.05, 3.63) is 0 Å². The molecule has 0 aliphatic carbocycles. The van der Waals surface area contributed by atoms with Gasteiger partial charge in [-0.1, -0.05) is 215 Å². The minimum absolute atomic E-state index is 0.100. The summed E-state index contributed by atoms with van der Waals surface area (Å²) < 4.78 is 67.5. The first-order valence-corrected chi connectivity index (χ1v) is 32.9. The van der Waals surface area contributed by atoms with Crippen molar-refractivity contribution >= 4 is 39.5 Å². The number of esters is 4. The number of aliphatic hydroxyl groups excluding tert-OH is 1. The molecule has 450 valence electrons. The maximum absolute atomic E-state index is 12.9. The number of rotatable bonds is 55. The van der Waals surface area contributed by atoms with Gasteiger partial charge in [0, 0.05) is 25.7 Å². The number of hydrogen-bond donors (Lipinski definition) is 3. The van der Waals surface area contributed by atoms with Crippen LogP contribution in [0.1, 0.15) is 267 Å². The monoisotopic (exact) mass is 1130 g/mol. The predicted molar refractivity (Wildman–Crippen MR) is 298 cm³/mol. The summed E-state index contributed by atoms with van der Waals surface area (Å²) >= 11 is 0. The van der Waals surface area contributed by atoms with Gasteiger partial charge in [-0.15, -0.1) is 0 Å². The van der Waals surface area contributed by atoms with Gasteiger partial charge in [0.1, 0.15) is 19.3 Å². The van der Waals surface area contributed by atoms with E-state index in [0.717, 1.165) is 115 Å². The van der Waals surface area contributed by atoms with Crippen molar-refractivity contribution in [3.63, 3.8) is 0 Å². The van der Waals surface area contributed by atoms with Crippen LogP contribution in [0.25, 0.3) is 0 Å². The number of phosphoric ester groups is 2. The molecule has 76 heavy (non-hydrogen) atoms. The molecule has 0 spiro atoms. The second-order valence-corrected chi connectivity index (χ2v) is 24.5. The highest BCUT2D eigenvalue weighted by molar-refractivity contribution is 7.47. The van der Waals surface area contributed by atoms with Gasteiger partial charge >= 0.3 is 39.5 Å². The van der Waals surface area contributed by atoms with E-state index in [2.05, 4.69) is 48.5 Å². The van der Waals surface area contributed by atoms with Crippen molar-refractivity contribution in [2.75, 3.05) is 39.6 Å². The summed E-state index contributed by atoms with van der Waals surface area (Å²) in [6.07, 6.45) is 27.1. The van der Waals surface area contributed by atoms with E-state index in [1.54, 1.807) is 0 Å². The van der Waals surface area contributed by atoms with Crippen LogP contribution in [0.15, 0.2) is 0 Å². The number of phosphoric acid groups is 2. The number of hydrogen-bond acceptors (Lipinski definition) is 15. The molecule has 3 N–H and O–H groups in total. The van der Waals surface area contributed by atoms with Crippen molar-refractivity contribution in [1.82, 2.24) is 0 Å². The third-order valence-corrected chi connectivity index (χ3v) is 15.5. The fraction of sp³-hybridized carbons (Fsp3) is 0.930. The summed E-state index contributed by atoms with van der Waals surface area (Å²) in [6, 6.07) is 0. The van der Waals surface area contributed by atoms with Crippen LogP contribution in [0.4, 0.5) is 0 Å². The Morgan fingerprint density at radius 3 is 1.00 bits per heavy atom. The fourth-order valence-corrected chi connectivity index (χ4v) is 9.76. The van der Waals surface area contributed by atoms with Gasteiger partial charge in [0.2, 0.25) is 0 Å². The molecule has 0 aliphatic heterocycles. The lowest BCUT2D eigenvalue weighted by molar-refractivity contribution is -0.161. The Hall–Kier alpha value is -1.94. The molecule has 0 bridgehead atoms. The molecule has 0 rings (SSSR count). The van der Waals surface area contributed by atoms with Gasteiger partial charge in [-0.3, -0.25) is 37.3 Å². The van der Waals surface area contributed by atoms with E-state index in [1.807, 2.05) is 0 Å². The van der Waals surface area contributed by atoms with E-state index in [-0.39, 0.29) is 25.7 Å².